The first-order valence-electron chi connectivity index (χ1n) is 5.78. The molecule has 0 saturated heterocycles. The molecule has 96 valence electrons. The molecule has 0 unspecified atom stereocenters. The molecule has 0 atom stereocenters. The largest absolute Gasteiger partial charge is 0.459 e. The minimum atomic E-state index is -0.613. The summed E-state index contributed by atoms with van der Waals surface area (Å²) in [5, 5.41) is 8.59. The van der Waals surface area contributed by atoms with E-state index in [0.29, 0.717) is 12.0 Å². The Kier molecular flexibility index (Phi) is 4.43. The van der Waals surface area contributed by atoms with Gasteiger partial charge in [0.1, 0.15) is 17.5 Å². The Morgan fingerprint density at radius 1 is 1.50 bits per heavy atom. The van der Waals surface area contributed by atoms with Gasteiger partial charge in [-0.1, -0.05) is 13.0 Å². The summed E-state index contributed by atoms with van der Waals surface area (Å²) in [7, 11) is 0. The second-order valence-electron chi connectivity index (χ2n) is 4.69. The molecule has 0 spiro atoms. The van der Waals surface area contributed by atoms with E-state index in [1.807, 2.05) is 20.8 Å². The van der Waals surface area contributed by atoms with Gasteiger partial charge in [-0.05, 0) is 38.0 Å². The molecule has 0 aromatic heterocycles. The maximum Gasteiger partial charge on any atom is 0.310 e. The number of ether oxygens (including phenoxy) is 1. The topological polar surface area (TPSA) is 50.1 Å². The van der Waals surface area contributed by atoms with Gasteiger partial charge in [0.15, 0.2) is 0 Å². The van der Waals surface area contributed by atoms with Gasteiger partial charge in [-0.15, -0.1) is 0 Å². The molecule has 0 bridgehead atoms. The summed E-state index contributed by atoms with van der Waals surface area (Å²) in [5.74, 6) is -1.01. The lowest BCUT2D eigenvalue weighted by atomic mass is 10.1. The molecular formula is C14H16FNO2. The molecule has 0 heterocycles. The van der Waals surface area contributed by atoms with E-state index in [4.69, 9.17) is 10.00 Å². The molecule has 18 heavy (non-hydrogen) atoms. The van der Waals surface area contributed by atoms with Gasteiger partial charge in [0, 0.05) is 0 Å². The first-order chi connectivity index (χ1) is 8.38. The summed E-state index contributed by atoms with van der Waals surface area (Å²) >= 11 is 0. The van der Waals surface area contributed by atoms with Crippen LogP contribution < -0.4 is 0 Å². The predicted octanol–water partition coefficient (Wildman–Crippen LogP) is 2.97. The lowest BCUT2D eigenvalue weighted by Gasteiger charge is -2.23. The van der Waals surface area contributed by atoms with Crippen LogP contribution in [0.5, 0.6) is 0 Å². The van der Waals surface area contributed by atoms with Crippen molar-refractivity contribution in [2.24, 2.45) is 0 Å². The third kappa shape index (κ3) is 3.85. The van der Waals surface area contributed by atoms with Crippen molar-refractivity contribution in [1.82, 2.24) is 0 Å². The lowest BCUT2D eigenvalue weighted by molar-refractivity contribution is -0.155. The van der Waals surface area contributed by atoms with Crippen molar-refractivity contribution in [2.45, 2.75) is 39.2 Å². The highest BCUT2D eigenvalue weighted by Crippen LogP contribution is 2.16. The molecule has 0 amide bonds. The third-order valence-electron chi connectivity index (χ3n) is 2.74. The van der Waals surface area contributed by atoms with Crippen LogP contribution in [-0.4, -0.2) is 11.6 Å². The van der Waals surface area contributed by atoms with Crippen molar-refractivity contribution < 1.29 is 13.9 Å². The van der Waals surface area contributed by atoms with Gasteiger partial charge in [0.05, 0.1) is 12.0 Å². The summed E-state index contributed by atoms with van der Waals surface area (Å²) in [4.78, 5) is 11.6. The second kappa shape index (κ2) is 5.63. The lowest BCUT2D eigenvalue weighted by Crippen LogP contribution is -2.27. The fourth-order valence-corrected chi connectivity index (χ4v) is 1.34. The van der Waals surface area contributed by atoms with E-state index in [9.17, 15) is 9.18 Å². The number of hydrogen-bond donors (Lipinski definition) is 0. The molecule has 1 aromatic rings. The van der Waals surface area contributed by atoms with Crippen LogP contribution in [0.25, 0.3) is 0 Å². The highest BCUT2D eigenvalue weighted by atomic mass is 19.1. The molecule has 4 heteroatoms. The van der Waals surface area contributed by atoms with Gasteiger partial charge in [-0.2, -0.15) is 5.26 Å². The van der Waals surface area contributed by atoms with Gasteiger partial charge in [-0.25, -0.2) is 4.39 Å². The molecule has 0 N–H and O–H groups in total. The van der Waals surface area contributed by atoms with Crippen LogP contribution >= 0.6 is 0 Å². The van der Waals surface area contributed by atoms with E-state index in [1.54, 1.807) is 12.1 Å². The van der Waals surface area contributed by atoms with E-state index in [2.05, 4.69) is 0 Å². The first-order valence-corrected chi connectivity index (χ1v) is 5.78. The number of carbonyl (C=O) groups is 1. The van der Waals surface area contributed by atoms with Crippen LogP contribution in [-0.2, 0) is 16.0 Å². The zero-order valence-corrected chi connectivity index (χ0v) is 10.8. The highest BCUT2D eigenvalue weighted by Gasteiger charge is 2.20. The van der Waals surface area contributed by atoms with E-state index >= 15 is 0 Å². The van der Waals surface area contributed by atoms with Crippen LogP contribution in [0.2, 0.25) is 0 Å². The molecule has 3 nitrogen and oxygen atoms in total. The van der Waals surface area contributed by atoms with Crippen molar-refractivity contribution in [2.75, 3.05) is 0 Å². The summed E-state index contributed by atoms with van der Waals surface area (Å²) < 4.78 is 18.6. The van der Waals surface area contributed by atoms with E-state index in [-0.39, 0.29) is 12.0 Å². The van der Waals surface area contributed by atoms with E-state index < -0.39 is 17.4 Å². The number of benzene rings is 1. The number of hydrogen-bond acceptors (Lipinski definition) is 3. The number of rotatable bonds is 4. The quantitative estimate of drug-likeness (QED) is 0.771. The standard InChI is InChI=1S/C14H16FNO2/c1-4-14(2,3)18-13(17)8-10-5-6-11(9-16)12(15)7-10/h5-7H,4,8H2,1-3H3. The summed E-state index contributed by atoms with van der Waals surface area (Å²) in [6, 6.07) is 5.85. The fraction of sp³-hybridized carbons (Fsp3) is 0.429. The van der Waals surface area contributed by atoms with Crippen LogP contribution in [0.3, 0.4) is 0 Å². The van der Waals surface area contributed by atoms with Crippen LogP contribution in [0.1, 0.15) is 38.3 Å². The molecular weight excluding hydrogens is 233 g/mol. The van der Waals surface area contributed by atoms with Crippen LogP contribution in [0.4, 0.5) is 4.39 Å². The molecule has 1 rings (SSSR count). The van der Waals surface area contributed by atoms with Crippen molar-refractivity contribution >= 4 is 5.97 Å². The van der Waals surface area contributed by atoms with Gasteiger partial charge in [0.25, 0.3) is 0 Å². The fourth-order valence-electron chi connectivity index (χ4n) is 1.34. The maximum absolute atomic E-state index is 13.3. The number of halogens is 1. The smallest absolute Gasteiger partial charge is 0.310 e. The third-order valence-corrected chi connectivity index (χ3v) is 2.74. The van der Waals surface area contributed by atoms with Crippen molar-refractivity contribution in [3.8, 4) is 6.07 Å². The number of nitrogens with zero attached hydrogens (tertiary/aromatic N) is 1. The molecule has 0 aliphatic carbocycles. The maximum atomic E-state index is 13.3. The Hall–Kier alpha value is -1.89. The Morgan fingerprint density at radius 3 is 2.67 bits per heavy atom. The van der Waals surface area contributed by atoms with E-state index in [1.165, 1.54) is 12.1 Å². The Labute approximate surface area is 106 Å². The van der Waals surface area contributed by atoms with E-state index in [0.717, 1.165) is 0 Å². The Bertz CT molecular complexity index is 489. The normalized spacial score (nSPS) is 10.8. The van der Waals surface area contributed by atoms with Gasteiger partial charge in [-0.3, -0.25) is 4.79 Å². The number of esters is 1. The van der Waals surface area contributed by atoms with Gasteiger partial charge in [0.2, 0.25) is 0 Å². The zero-order valence-electron chi connectivity index (χ0n) is 10.8. The Balaban J connectivity index is 2.72. The average Bonchev–Trinajstić information content (AvgIpc) is 2.28. The predicted molar refractivity (Wildman–Crippen MR) is 65.3 cm³/mol. The monoisotopic (exact) mass is 249 g/mol. The average molecular weight is 249 g/mol. The molecule has 1 aromatic carbocycles. The number of nitriles is 1. The Morgan fingerprint density at radius 2 is 2.17 bits per heavy atom. The summed E-state index contributed by atoms with van der Waals surface area (Å²) in [6.45, 7) is 5.57. The molecule has 0 saturated carbocycles. The molecule has 0 aliphatic rings. The summed E-state index contributed by atoms with van der Waals surface area (Å²) in [5.41, 5.74) is -0.0354. The van der Waals surface area contributed by atoms with Crippen molar-refractivity contribution in [1.29, 1.82) is 5.26 Å². The van der Waals surface area contributed by atoms with Crippen LogP contribution in [0, 0.1) is 17.1 Å². The SMILES string of the molecule is CCC(C)(C)OC(=O)Cc1ccc(C#N)c(F)c1. The minimum absolute atomic E-state index is 0.00601. The first kappa shape index (κ1) is 14.2. The molecule has 0 fully saturated rings. The minimum Gasteiger partial charge on any atom is -0.459 e. The zero-order chi connectivity index (χ0) is 13.8. The van der Waals surface area contributed by atoms with Gasteiger partial charge >= 0.3 is 5.97 Å². The van der Waals surface area contributed by atoms with Crippen molar-refractivity contribution in [3.05, 3.63) is 35.1 Å². The highest BCUT2D eigenvalue weighted by molar-refractivity contribution is 5.73. The molecule has 0 radical (unpaired) electrons. The second-order valence-corrected chi connectivity index (χ2v) is 4.69. The number of carbonyl (C=O) groups excluding carboxylic acids is 1. The van der Waals surface area contributed by atoms with Crippen molar-refractivity contribution in [3.63, 3.8) is 0 Å². The van der Waals surface area contributed by atoms with Crippen LogP contribution in [0.15, 0.2) is 18.2 Å². The summed E-state index contributed by atoms with van der Waals surface area (Å²) in [6.07, 6.45) is 0.715. The van der Waals surface area contributed by atoms with Gasteiger partial charge < -0.3 is 4.74 Å². The molecule has 0 aliphatic heterocycles.